The summed E-state index contributed by atoms with van der Waals surface area (Å²) in [5, 5.41) is 10.9. The van der Waals surface area contributed by atoms with Gasteiger partial charge in [-0.15, -0.1) is 0 Å². The fourth-order valence-corrected chi connectivity index (χ4v) is 1.45. The predicted molar refractivity (Wildman–Crippen MR) is 58.4 cm³/mol. The molecule has 16 heavy (non-hydrogen) atoms. The molecule has 0 fully saturated rings. The van der Waals surface area contributed by atoms with Crippen LogP contribution >= 0.6 is 0 Å². The average Bonchev–Trinajstić information content (AvgIpc) is 2.17. The van der Waals surface area contributed by atoms with E-state index in [4.69, 9.17) is 4.11 Å². The van der Waals surface area contributed by atoms with Crippen LogP contribution in [0, 0.1) is 5.92 Å². The summed E-state index contributed by atoms with van der Waals surface area (Å²) in [5.41, 5.74) is 1.33. The molecule has 1 unspecified atom stereocenters. The topological polar surface area (TPSA) is 40.1 Å². The van der Waals surface area contributed by atoms with E-state index in [0.29, 0.717) is 5.92 Å². The average molecular weight is 231 g/mol. The molecule has 0 aromatic heterocycles. The fraction of sp³-hybridized carbons (Fsp3) is 0.462. The number of carboxylic acids is 1. The van der Waals surface area contributed by atoms with Gasteiger partial charge in [-0.1, -0.05) is 45.0 Å². The summed E-state index contributed by atoms with van der Waals surface area (Å²) in [6.45, 7) is 1.58. The molecule has 0 amide bonds. The number of carbonyl (C=O) groups excluding carboxylic acids is 1. The predicted octanol–water partition coefficient (Wildman–Crippen LogP) is -1.26. The maximum absolute atomic E-state index is 10.9. The summed E-state index contributed by atoms with van der Waals surface area (Å²) >= 11 is 0. The van der Waals surface area contributed by atoms with Gasteiger partial charge in [0, 0.05) is 16.0 Å². The van der Waals surface area contributed by atoms with Crippen LogP contribution in [0.4, 0.5) is 0 Å². The van der Waals surface area contributed by atoms with Crippen LogP contribution in [0.3, 0.4) is 0 Å². The number of aliphatic carboxylic acids is 1. The molecule has 0 spiro atoms. The molecule has 0 bridgehead atoms. The van der Waals surface area contributed by atoms with Crippen molar-refractivity contribution in [3.05, 3.63) is 35.4 Å². The molecule has 2 nitrogen and oxygen atoms in total. The molecule has 0 N–H and O–H groups in total. The van der Waals surface area contributed by atoms with E-state index in [9.17, 15) is 9.90 Å². The molecule has 1 rings (SSSR count). The van der Waals surface area contributed by atoms with E-state index in [1.54, 1.807) is 24.3 Å². The van der Waals surface area contributed by atoms with Gasteiger partial charge in [0.2, 0.25) is 0 Å². The Hall–Kier alpha value is -0.310. The Morgan fingerprint density at radius 3 is 2.31 bits per heavy atom. The summed E-state index contributed by atoms with van der Waals surface area (Å²) < 4.78 is 21.7. The van der Waals surface area contributed by atoms with Crippen LogP contribution in [0.5, 0.6) is 0 Å². The van der Waals surface area contributed by atoms with E-state index in [1.807, 2.05) is 0 Å². The molecule has 1 aromatic rings. The van der Waals surface area contributed by atoms with Gasteiger partial charge in [-0.3, -0.25) is 0 Å². The van der Waals surface area contributed by atoms with Crippen LogP contribution in [0.2, 0.25) is 0 Å². The van der Waals surface area contributed by atoms with Crippen LogP contribution in [-0.4, -0.2) is 5.97 Å². The fourth-order valence-electron chi connectivity index (χ4n) is 1.45. The van der Waals surface area contributed by atoms with Gasteiger partial charge < -0.3 is 9.90 Å². The van der Waals surface area contributed by atoms with Gasteiger partial charge in [0.05, 0.1) is 0 Å². The van der Waals surface area contributed by atoms with Crippen molar-refractivity contribution in [3.63, 3.8) is 0 Å². The third-order valence-electron chi connectivity index (χ3n) is 2.19. The van der Waals surface area contributed by atoms with E-state index < -0.39 is 18.7 Å². The Kier molecular flexibility index (Phi) is 4.80. The minimum absolute atomic E-state index is 0. The molecule has 0 heterocycles. The van der Waals surface area contributed by atoms with Crippen molar-refractivity contribution in [1.29, 1.82) is 0 Å². The third kappa shape index (κ3) is 4.69. The number of benzene rings is 1. The van der Waals surface area contributed by atoms with Crippen molar-refractivity contribution in [1.82, 2.24) is 0 Å². The van der Waals surface area contributed by atoms with E-state index >= 15 is 0 Å². The summed E-state index contributed by atoms with van der Waals surface area (Å²) in [6, 6.07) is 6.67. The molecular weight excluding hydrogens is 211 g/mol. The number of carbonyl (C=O) groups is 1. The van der Waals surface area contributed by atoms with Crippen molar-refractivity contribution < 1.29 is 43.6 Å². The minimum Gasteiger partial charge on any atom is -0.550 e. The molecule has 82 valence electrons. The van der Waals surface area contributed by atoms with Crippen molar-refractivity contribution in [2.45, 2.75) is 33.0 Å². The van der Waals surface area contributed by atoms with Crippen molar-refractivity contribution in [2.75, 3.05) is 0 Å². The SMILES string of the molecule is [2H]C([2H])([2H])C(C(=O)[O-])c1ccc(CC(C)C)cc1.[Na+]. The molecule has 1 aromatic carbocycles. The first kappa shape index (κ1) is 10.8. The third-order valence-corrected chi connectivity index (χ3v) is 2.19. The first-order valence-corrected chi connectivity index (χ1v) is 5.01. The molecule has 0 radical (unpaired) electrons. The summed E-state index contributed by atoms with van der Waals surface area (Å²) in [4.78, 5) is 10.9. The molecule has 0 aliphatic rings. The van der Waals surface area contributed by atoms with Crippen LogP contribution in [0.25, 0.3) is 0 Å². The summed E-state index contributed by atoms with van der Waals surface area (Å²) in [5.74, 6) is -2.63. The Bertz CT molecular complexity index is 413. The normalized spacial score (nSPS) is 15.6. The maximum Gasteiger partial charge on any atom is 1.00 e. The second-order valence-corrected chi connectivity index (χ2v) is 4.09. The zero-order valence-electron chi connectivity index (χ0n) is 13.0. The Labute approximate surface area is 124 Å². The number of carboxylic acid groups (broad SMARTS) is 1. The summed E-state index contributed by atoms with van der Waals surface area (Å²) in [6.07, 6.45) is 0.879. The first-order valence-electron chi connectivity index (χ1n) is 6.51. The number of hydrogen-bond donors (Lipinski definition) is 0. The molecule has 1 atom stereocenters. The largest absolute Gasteiger partial charge is 1.00 e. The van der Waals surface area contributed by atoms with Gasteiger partial charge in [-0.05, 0) is 23.5 Å². The summed E-state index contributed by atoms with van der Waals surface area (Å²) in [7, 11) is 0. The van der Waals surface area contributed by atoms with Gasteiger partial charge in [-0.25, -0.2) is 0 Å². The zero-order chi connectivity index (χ0) is 13.9. The van der Waals surface area contributed by atoms with E-state index in [1.165, 1.54) is 0 Å². The van der Waals surface area contributed by atoms with E-state index in [0.717, 1.165) is 12.0 Å². The van der Waals surface area contributed by atoms with E-state index in [-0.39, 0.29) is 35.1 Å². The van der Waals surface area contributed by atoms with Gasteiger partial charge in [0.1, 0.15) is 0 Å². The van der Waals surface area contributed by atoms with Crippen LogP contribution < -0.4 is 34.7 Å². The second-order valence-electron chi connectivity index (χ2n) is 4.09. The Morgan fingerprint density at radius 2 is 1.94 bits per heavy atom. The van der Waals surface area contributed by atoms with Crippen molar-refractivity contribution in [3.8, 4) is 0 Å². The molecule has 0 saturated carbocycles. The Morgan fingerprint density at radius 1 is 1.38 bits per heavy atom. The Balaban J connectivity index is 0.00000324. The van der Waals surface area contributed by atoms with Crippen molar-refractivity contribution >= 4 is 5.97 Å². The van der Waals surface area contributed by atoms with Gasteiger partial charge in [0.25, 0.3) is 0 Å². The van der Waals surface area contributed by atoms with Gasteiger partial charge in [-0.2, -0.15) is 0 Å². The number of rotatable bonds is 4. The van der Waals surface area contributed by atoms with Crippen molar-refractivity contribution in [2.24, 2.45) is 5.92 Å². The number of hydrogen-bond acceptors (Lipinski definition) is 2. The molecule has 0 aliphatic carbocycles. The maximum atomic E-state index is 10.9. The molecule has 3 heteroatoms. The molecular formula is C13H17NaO2. The van der Waals surface area contributed by atoms with Crippen LogP contribution in [0.1, 0.15) is 41.9 Å². The van der Waals surface area contributed by atoms with Gasteiger partial charge in [0.15, 0.2) is 0 Å². The molecule has 0 saturated heterocycles. The zero-order valence-corrected chi connectivity index (χ0v) is 12.0. The van der Waals surface area contributed by atoms with Crippen LogP contribution in [-0.2, 0) is 11.2 Å². The second kappa shape index (κ2) is 7.10. The quantitative estimate of drug-likeness (QED) is 0.607. The minimum atomic E-state index is -2.58. The smallest absolute Gasteiger partial charge is 0.550 e. The van der Waals surface area contributed by atoms with E-state index in [2.05, 4.69) is 13.8 Å². The van der Waals surface area contributed by atoms with Crippen LogP contribution in [0.15, 0.2) is 24.3 Å². The standard InChI is InChI=1S/C13H18O2.Na/c1-9(2)8-11-4-6-12(7-5-11)10(3)13(14)15;/h4-7,9-10H,8H2,1-3H3,(H,14,15);/q;+1/p-1/i3D3;. The molecule has 0 aliphatic heterocycles. The monoisotopic (exact) mass is 231 g/mol. The van der Waals surface area contributed by atoms with Gasteiger partial charge >= 0.3 is 29.6 Å². The first-order chi connectivity index (χ1) is 8.21.